The van der Waals surface area contributed by atoms with Crippen LogP contribution in [0.2, 0.25) is 0 Å². The standard InChI is InChI=1S/C14H12O5/c1-18-11-5-3-4-9-8(11)6-7-10(13(9)19-2)12(15)14(16)17/h3-7H,1-2H3,(H,16,17). The second kappa shape index (κ2) is 4.97. The molecule has 0 spiro atoms. The Morgan fingerprint density at radius 2 is 1.74 bits per heavy atom. The van der Waals surface area contributed by atoms with Crippen LogP contribution in [0.25, 0.3) is 10.8 Å². The maximum atomic E-state index is 11.6. The van der Waals surface area contributed by atoms with Crippen molar-refractivity contribution in [2.24, 2.45) is 0 Å². The molecule has 19 heavy (non-hydrogen) atoms. The number of benzene rings is 2. The molecule has 0 amide bonds. The number of hydrogen-bond acceptors (Lipinski definition) is 4. The lowest BCUT2D eigenvalue weighted by Crippen LogP contribution is -2.14. The Bertz CT molecular complexity index is 660. The number of aliphatic carboxylic acids is 1. The monoisotopic (exact) mass is 260 g/mol. The number of carbonyl (C=O) groups is 2. The third kappa shape index (κ3) is 2.10. The Labute approximate surface area is 109 Å². The number of ketones is 1. The van der Waals surface area contributed by atoms with Crippen LogP contribution in [0.5, 0.6) is 11.5 Å². The molecule has 5 heteroatoms. The van der Waals surface area contributed by atoms with Gasteiger partial charge in [0.05, 0.1) is 19.8 Å². The summed E-state index contributed by atoms with van der Waals surface area (Å²) < 4.78 is 10.4. The van der Waals surface area contributed by atoms with Crippen molar-refractivity contribution in [1.29, 1.82) is 0 Å². The van der Waals surface area contributed by atoms with Crippen LogP contribution in [-0.4, -0.2) is 31.1 Å². The molecule has 5 nitrogen and oxygen atoms in total. The first-order chi connectivity index (χ1) is 9.10. The summed E-state index contributed by atoms with van der Waals surface area (Å²) >= 11 is 0. The van der Waals surface area contributed by atoms with Gasteiger partial charge in [0.1, 0.15) is 11.5 Å². The fourth-order valence-electron chi connectivity index (χ4n) is 1.99. The summed E-state index contributed by atoms with van der Waals surface area (Å²) in [4.78, 5) is 22.4. The van der Waals surface area contributed by atoms with Crippen molar-refractivity contribution in [2.75, 3.05) is 14.2 Å². The number of Topliss-reactive ketones (excluding diaryl/α,β-unsaturated/α-hetero) is 1. The molecule has 2 aromatic carbocycles. The highest BCUT2D eigenvalue weighted by atomic mass is 16.5. The van der Waals surface area contributed by atoms with Gasteiger partial charge in [-0.2, -0.15) is 0 Å². The minimum atomic E-state index is -1.51. The maximum Gasteiger partial charge on any atom is 0.377 e. The molecular formula is C14H12O5. The van der Waals surface area contributed by atoms with Gasteiger partial charge >= 0.3 is 5.97 Å². The van der Waals surface area contributed by atoms with Gasteiger partial charge in [-0.25, -0.2) is 4.79 Å². The Morgan fingerprint density at radius 1 is 1.00 bits per heavy atom. The lowest BCUT2D eigenvalue weighted by atomic mass is 10.0. The van der Waals surface area contributed by atoms with Crippen LogP contribution < -0.4 is 9.47 Å². The van der Waals surface area contributed by atoms with Gasteiger partial charge < -0.3 is 14.6 Å². The SMILES string of the molecule is COc1cccc2c(OC)c(C(=O)C(=O)O)ccc12. The number of carbonyl (C=O) groups excluding carboxylic acids is 1. The number of fused-ring (bicyclic) bond motifs is 1. The quantitative estimate of drug-likeness (QED) is 0.673. The third-order valence-corrected chi connectivity index (χ3v) is 2.83. The summed E-state index contributed by atoms with van der Waals surface area (Å²) in [5.41, 5.74) is 0.0238. The lowest BCUT2D eigenvalue weighted by Gasteiger charge is -2.11. The normalized spacial score (nSPS) is 10.2. The van der Waals surface area contributed by atoms with E-state index in [4.69, 9.17) is 14.6 Å². The van der Waals surface area contributed by atoms with Crippen molar-refractivity contribution in [2.45, 2.75) is 0 Å². The zero-order valence-electron chi connectivity index (χ0n) is 10.5. The third-order valence-electron chi connectivity index (χ3n) is 2.83. The Morgan fingerprint density at radius 3 is 2.32 bits per heavy atom. The van der Waals surface area contributed by atoms with E-state index >= 15 is 0 Å². The van der Waals surface area contributed by atoms with E-state index in [0.717, 1.165) is 5.39 Å². The van der Waals surface area contributed by atoms with Crippen molar-refractivity contribution >= 4 is 22.5 Å². The molecule has 0 aliphatic heterocycles. The van der Waals surface area contributed by atoms with Crippen LogP contribution in [0.3, 0.4) is 0 Å². The molecule has 0 atom stereocenters. The Balaban J connectivity index is 2.77. The molecule has 0 aliphatic carbocycles. The van der Waals surface area contributed by atoms with Crippen molar-refractivity contribution in [3.63, 3.8) is 0 Å². The van der Waals surface area contributed by atoms with Gasteiger partial charge in [0.25, 0.3) is 5.78 Å². The summed E-state index contributed by atoms with van der Waals surface area (Å²) in [5, 5.41) is 10.2. The molecule has 1 N–H and O–H groups in total. The van der Waals surface area contributed by atoms with E-state index in [0.29, 0.717) is 11.1 Å². The Hall–Kier alpha value is -2.56. The summed E-state index contributed by atoms with van der Waals surface area (Å²) in [6.45, 7) is 0. The van der Waals surface area contributed by atoms with Crippen molar-refractivity contribution in [3.05, 3.63) is 35.9 Å². The first-order valence-electron chi connectivity index (χ1n) is 5.51. The molecule has 0 fully saturated rings. The molecule has 0 aromatic heterocycles. The lowest BCUT2D eigenvalue weighted by molar-refractivity contribution is -0.131. The minimum Gasteiger partial charge on any atom is -0.496 e. The predicted octanol–water partition coefficient (Wildman–Crippen LogP) is 2.12. The molecule has 2 aromatic rings. The largest absolute Gasteiger partial charge is 0.496 e. The van der Waals surface area contributed by atoms with Crippen LogP contribution >= 0.6 is 0 Å². The molecule has 0 heterocycles. The molecule has 0 saturated carbocycles. The van der Waals surface area contributed by atoms with Crippen molar-refractivity contribution in [1.82, 2.24) is 0 Å². The van der Waals surface area contributed by atoms with E-state index in [1.807, 2.05) is 0 Å². The van der Waals surface area contributed by atoms with Gasteiger partial charge in [-0.1, -0.05) is 12.1 Å². The molecule has 98 valence electrons. The number of methoxy groups -OCH3 is 2. The van der Waals surface area contributed by atoms with E-state index < -0.39 is 11.8 Å². The van der Waals surface area contributed by atoms with Gasteiger partial charge in [0.2, 0.25) is 0 Å². The topological polar surface area (TPSA) is 72.8 Å². The summed E-state index contributed by atoms with van der Waals surface area (Å²) in [5.74, 6) is -1.64. The zero-order chi connectivity index (χ0) is 14.0. The van der Waals surface area contributed by atoms with E-state index in [1.165, 1.54) is 20.3 Å². The fourth-order valence-corrected chi connectivity index (χ4v) is 1.99. The van der Waals surface area contributed by atoms with Gasteiger partial charge in [-0.15, -0.1) is 0 Å². The zero-order valence-corrected chi connectivity index (χ0v) is 10.5. The average Bonchev–Trinajstić information content (AvgIpc) is 2.44. The fraction of sp³-hybridized carbons (Fsp3) is 0.143. The minimum absolute atomic E-state index is 0.0238. The number of carboxylic acid groups (broad SMARTS) is 1. The van der Waals surface area contributed by atoms with E-state index in [9.17, 15) is 9.59 Å². The second-order valence-electron chi connectivity index (χ2n) is 3.84. The highest BCUT2D eigenvalue weighted by molar-refractivity contribution is 6.41. The van der Waals surface area contributed by atoms with Gasteiger partial charge in [-0.05, 0) is 18.2 Å². The molecule has 0 saturated heterocycles. The smallest absolute Gasteiger partial charge is 0.377 e. The van der Waals surface area contributed by atoms with Crippen LogP contribution in [-0.2, 0) is 4.79 Å². The highest BCUT2D eigenvalue weighted by Crippen LogP contribution is 2.34. The van der Waals surface area contributed by atoms with Gasteiger partial charge in [0, 0.05) is 10.8 Å². The first-order valence-corrected chi connectivity index (χ1v) is 5.51. The number of hydrogen-bond donors (Lipinski definition) is 1. The molecule has 0 bridgehead atoms. The van der Waals surface area contributed by atoms with Crippen molar-refractivity contribution in [3.8, 4) is 11.5 Å². The van der Waals surface area contributed by atoms with Crippen LogP contribution in [0, 0.1) is 0 Å². The Kier molecular flexibility index (Phi) is 3.37. The van der Waals surface area contributed by atoms with Crippen LogP contribution in [0.1, 0.15) is 10.4 Å². The first kappa shape index (κ1) is 12.9. The predicted molar refractivity (Wildman–Crippen MR) is 69.0 cm³/mol. The van der Waals surface area contributed by atoms with Gasteiger partial charge in [0.15, 0.2) is 0 Å². The van der Waals surface area contributed by atoms with Crippen molar-refractivity contribution < 1.29 is 24.2 Å². The number of rotatable bonds is 4. The maximum absolute atomic E-state index is 11.6. The second-order valence-corrected chi connectivity index (χ2v) is 3.84. The summed E-state index contributed by atoms with van der Waals surface area (Å²) in [7, 11) is 2.93. The number of ether oxygens (including phenoxy) is 2. The van der Waals surface area contributed by atoms with E-state index in [2.05, 4.69) is 0 Å². The van der Waals surface area contributed by atoms with Crippen LogP contribution in [0.15, 0.2) is 30.3 Å². The summed E-state index contributed by atoms with van der Waals surface area (Å²) in [6.07, 6.45) is 0. The molecular weight excluding hydrogens is 248 g/mol. The van der Waals surface area contributed by atoms with Gasteiger partial charge in [-0.3, -0.25) is 4.79 Å². The molecule has 0 unspecified atom stereocenters. The molecule has 0 radical (unpaired) electrons. The molecule has 2 rings (SSSR count). The molecule has 0 aliphatic rings. The number of carboxylic acids is 1. The highest BCUT2D eigenvalue weighted by Gasteiger charge is 2.21. The van der Waals surface area contributed by atoms with Crippen LogP contribution in [0.4, 0.5) is 0 Å². The van der Waals surface area contributed by atoms with E-state index in [-0.39, 0.29) is 11.3 Å². The average molecular weight is 260 g/mol. The van der Waals surface area contributed by atoms with E-state index in [1.54, 1.807) is 24.3 Å². The summed E-state index contributed by atoms with van der Waals surface area (Å²) in [6, 6.07) is 8.35.